The molecule has 33 heavy (non-hydrogen) atoms. The first-order valence-corrected chi connectivity index (χ1v) is 10.8. The van der Waals surface area contributed by atoms with Gasteiger partial charge in [-0.25, -0.2) is 0 Å². The third-order valence-electron chi connectivity index (χ3n) is 5.76. The topological polar surface area (TPSA) is 72.9 Å². The first-order chi connectivity index (χ1) is 15.9. The van der Waals surface area contributed by atoms with Gasteiger partial charge in [0, 0.05) is 24.2 Å². The van der Waals surface area contributed by atoms with Crippen LogP contribution in [-0.2, 0) is 14.3 Å². The average molecular weight is 443 g/mol. The van der Waals surface area contributed by atoms with Gasteiger partial charge in [-0.15, -0.1) is 0 Å². The predicted octanol–water partition coefficient (Wildman–Crippen LogP) is 4.87. The van der Waals surface area contributed by atoms with Crippen molar-refractivity contribution in [3.63, 3.8) is 0 Å². The number of carbonyl (C=O) groups is 3. The molecule has 0 saturated carbocycles. The second kappa shape index (κ2) is 9.69. The quantitative estimate of drug-likeness (QED) is 0.385. The summed E-state index contributed by atoms with van der Waals surface area (Å²) in [6.07, 6.45) is 0.0548. The van der Waals surface area contributed by atoms with Gasteiger partial charge in [-0.05, 0) is 61.4 Å². The summed E-state index contributed by atoms with van der Waals surface area (Å²) in [5, 5.41) is 0. The maximum Gasteiger partial charge on any atom is 0.311 e. The number of hydrogen-bond acceptors (Lipinski definition) is 5. The molecule has 1 heterocycles. The summed E-state index contributed by atoms with van der Waals surface area (Å²) in [6, 6.07) is 21.7. The number of nitrogens with zero attached hydrogens (tertiary/aromatic N) is 1. The van der Waals surface area contributed by atoms with E-state index in [4.69, 9.17) is 9.47 Å². The molecule has 4 rings (SSSR count). The van der Waals surface area contributed by atoms with Crippen LogP contribution in [0.4, 0.5) is 5.69 Å². The zero-order valence-electron chi connectivity index (χ0n) is 18.6. The van der Waals surface area contributed by atoms with Crippen LogP contribution in [0.15, 0.2) is 72.8 Å². The number of ether oxygens (including phenoxy) is 2. The highest BCUT2D eigenvalue weighted by atomic mass is 16.5. The summed E-state index contributed by atoms with van der Waals surface area (Å²) in [5.74, 6) is -0.170. The summed E-state index contributed by atoms with van der Waals surface area (Å²) in [5.41, 5.74) is 3.51. The molecule has 1 saturated heterocycles. The SMILES string of the molecule is Cc1ccc(Oc2ccc(N3CC(C(=O)OCC(=O)c4ccccc4)CC3=O)cc2)cc1C. The Kier molecular flexibility index (Phi) is 6.54. The maximum absolute atomic E-state index is 12.5. The number of anilines is 1. The molecule has 1 unspecified atom stereocenters. The van der Waals surface area contributed by atoms with Crippen molar-refractivity contribution >= 4 is 23.3 Å². The Morgan fingerprint density at radius 1 is 0.909 bits per heavy atom. The second-order valence-electron chi connectivity index (χ2n) is 8.14. The van der Waals surface area contributed by atoms with E-state index < -0.39 is 11.9 Å². The molecule has 1 amide bonds. The number of Topliss-reactive ketones (excluding diaryl/α,β-unsaturated/α-hetero) is 1. The van der Waals surface area contributed by atoms with Crippen molar-refractivity contribution in [3.8, 4) is 11.5 Å². The Hall–Kier alpha value is -3.93. The number of aryl methyl sites for hydroxylation is 2. The van der Waals surface area contributed by atoms with E-state index in [1.807, 2.05) is 38.1 Å². The van der Waals surface area contributed by atoms with E-state index in [1.54, 1.807) is 53.4 Å². The zero-order chi connectivity index (χ0) is 23.4. The van der Waals surface area contributed by atoms with Crippen LogP contribution >= 0.6 is 0 Å². The van der Waals surface area contributed by atoms with Gasteiger partial charge in [0.1, 0.15) is 11.5 Å². The smallest absolute Gasteiger partial charge is 0.311 e. The highest BCUT2D eigenvalue weighted by Crippen LogP contribution is 2.29. The predicted molar refractivity (Wildman–Crippen MR) is 125 cm³/mol. The number of hydrogen-bond donors (Lipinski definition) is 0. The fourth-order valence-electron chi connectivity index (χ4n) is 3.68. The van der Waals surface area contributed by atoms with Crippen LogP contribution in [-0.4, -0.2) is 30.8 Å². The van der Waals surface area contributed by atoms with Crippen LogP contribution in [0.2, 0.25) is 0 Å². The Bertz CT molecular complexity index is 1170. The molecule has 0 aromatic heterocycles. The van der Waals surface area contributed by atoms with E-state index in [0.717, 1.165) is 11.3 Å². The maximum atomic E-state index is 12.5. The lowest BCUT2D eigenvalue weighted by Gasteiger charge is -2.17. The number of ketones is 1. The van der Waals surface area contributed by atoms with Crippen LogP contribution in [0.5, 0.6) is 11.5 Å². The summed E-state index contributed by atoms with van der Waals surface area (Å²) in [7, 11) is 0. The van der Waals surface area contributed by atoms with Crippen LogP contribution in [0.25, 0.3) is 0 Å². The minimum absolute atomic E-state index is 0.0548. The molecular formula is C27H25NO5. The molecule has 1 fully saturated rings. The van der Waals surface area contributed by atoms with Crippen LogP contribution in [0.3, 0.4) is 0 Å². The summed E-state index contributed by atoms with van der Waals surface area (Å²) in [4.78, 5) is 38.7. The van der Waals surface area contributed by atoms with E-state index in [1.165, 1.54) is 5.56 Å². The molecule has 6 nitrogen and oxygen atoms in total. The summed E-state index contributed by atoms with van der Waals surface area (Å²) in [6.45, 7) is 3.96. The largest absolute Gasteiger partial charge is 0.457 e. The van der Waals surface area contributed by atoms with Crippen molar-refractivity contribution in [2.24, 2.45) is 5.92 Å². The van der Waals surface area contributed by atoms with Crippen molar-refractivity contribution in [2.75, 3.05) is 18.1 Å². The highest BCUT2D eigenvalue weighted by Gasteiger charge is 2.36. The van der Waals surface area contributed by atoms with Crippen LogP contribution < -0.4 is 9.64 Å². The number of benzene rings is 3. The fourth-order valence-corrected chi connectivity index (χ4v) is 3.68. The van der Waals surface area contributed by atoms with Crippen molar-refractivity contribution in [2.45, 2.75) is 20.3 Å². The normalized spacial score (nSPS) is 15.4. The molecule has 3 aromatic carbocycles. The monoisotopic (exact) mass is 443 g/mol. The molecule has 0 spiro atoms. The van der Waals surface area contributed by atoms with Crippen molar-refractivity contribution in [1.82, 2.24) is 0 Å². The Balaban J connectivity index is 1.34. The molecular weight excluding hydrogens is 418 g/mol. The lowest BCUT2D eigenvalue weighted by atomic mass is 10.1. The van der Waals surface area contributed by atoms with Gasteiger partial charge in [0.2, 0.25) is 5.91 Å². The molecule has 0 aliphatic carbocycles. The summed E-state index contributed by atoms with van der Waals surface area (Å²) >= 11 is 0. The molecule has 1 aliphatic heterocycles. The number of amides is 1. The average Bonchev–Trinajstić information content (AvgIpc) is 3.22. The first-order valence-electron chi connectivity index (χ1n) is 10.8. The Morgan fingerprint density at radius 3 is 2.30 bits per heavy atom. The number of esters is 1. The van der Waals surface area contributed by atoms with E-state index in [9.17, 15) is 14.4 Å². The minimum Gasteiger partial charge on any atom is -0.457 e. The lowest BCUT2D eigenvalue weighted by Crippen LogP contribution is -2.27. The minimum atomic E-state index is -0.604. The van der Waals surface area contributed by atoms with Gasteiger partial charge in [-0.2, -0.15) is 0 Å². The molecule has 168 valence electrons. The Morgan fingerprint density at radius 2 is 1.61 bits per heavy atom. The van der Waals surface area contributed by atoms with Gasteiger partial charge in [-0.1, -0.05) is 36.4 Å². The van der Waals surface area contributed by atoms with Gasteiger partial charge in [0.25, 0.3) is 0 Å². The highest BCUT2D eigenvalue weighted by molar-refractivity contribution is 6.01. The van der Waals surface area contributed by atoms with Gasteiger partial charge in [0.15, 0.2) is 12.4 Å². The van der Waals surface area contributed by atoms with E-state index in [2.05, 4.69) is 0 Å². The van der Waals surface area contributed by atoms with Gasteiger partial charge >= 0.3 is 5.97 Å². The number of carbonyl (C=O) groups excluding carboxylic acids is 3. The molecule has 6 heteroatoms. The molecule has 0 bridgehead atoms. The van der Waals surface area contributed by atoms with E-state index >= 15 is 0 Å². The first kappa shape index (κ1) is 22.3. The third kappa shape index (κ3) is 5.29. The van der Waals surface area contributed by atoms with Crippen molar-refractivity contribution in [1.29, 1.82) is 0 Å². The van der Waals surface area contributed by atoms with E-state index in [-0.39, 0.29) is 31.3 Å². The zero-order valence-corrected chi connectivity index (χ0v) is 18.6. The summed E-state index contributed by atoms with van der Waals surface area (Å²) < 4.78 is 11.1. The number of rotatable bonds is 7. The lowest BCUT2D eigenvalue weighted by molar-refractivity contribution is -0.147. The standard InChI is InChI=1S/C27H25NO5/c1-18-8-11-24(14-19(18)2)33-23-12-9-22(10-13-23)28-16-21(15-26(28)30)27(31)32-17-25(29)20-6-4-3-5-7-20/h3-14,21H,15-17H2,1-2H3. The van der Waals surface area contributed by atoms with Gasteiger partial charge in [0.05, 0.1) is 5.92 Å². The van der Waals surface area contributed by atoms with Crippen molar-refractivity contribution in [3.05, 3.63) is 89.5 Å². The Labute approximate surface area is 192 Å². The van der Waals surface area contributed by atoms with Crippen LogP contribution in [0.1, 0.15) is 27.9 Å². The molecule has 0 radical (unpaired) electrons. The molecule has 3 aromatic rings. The fraction of sp³-hybridized carbons (Fsp3) is 0.222. The molecule has 1 atom stereocenters. The molecule has 1 aliphatic rings. The molecule has 0 N–H and O–H groups in total. The van der Waals surface area contributed by atoms with Crippen LogP contribution in [0, 0.1) is 19.8 Å². The van der Waals surface area contributed by atoms with Gasteiger partial charge < -0.3 is 14.4 Å². The van der Waals surface area contributed by atoms with Crippen molar-refractivity contribution < 1.29 is 23.9 Å². The third-order valence-corrected chi connectivity index (χ3v) is 5.76. The van der Waals surface area contributed by atoms with E-state index in [0.29, 0.717) is 17.0 Å². The van der Waals surface area contributed by atoms with Gasteiger partial charge in [-0.3, -0.25) is 14.4 Å². The second-order valence-corrected chi connectivity index (χ2v) is 8.14.